The minimum atomic E-state index is -5.29. The van der Waals surface area contributed by atoms with E-state index in [0.717, 1.165) is 12.1 Å². The van der Waals surface area contributed by atoms with Crippen LogP contribution in [0.25, 0.3) is 0 Å². The van der Waals surface area contributed by atoms with Gasteiger partial charge in [-0.25, -0.2) is 13.4 Å². The summed E-state index contributed by atoms with van der Waals surface area (Å²) in [5.74, 6) is 0. The van der Waals surface area contributed by atoms with E-state index in [2.05, 4.69) is 20.9 Å². The predicted molar refractivity (Wildman–Crippen MR) is 45.2 cm³/mol. The highest BCUT2D eigenvalue weighted by molar-refractivity contribution is 9.10. The number of hydrogen-bond acceptors (Lipinski definition) is 3. The lowest BCUT2D eigenvalue weighted by atomic mass is 10.5. The van der Waals surface area contributed by atoms with Crippen LogP contribution in [0.15, 0.2) is 27.8 Å². The zero-order valence-electron chi connectivity index (χ0n) is 6.42. The van der Waals surface area contributed by atoms with Gasteiger partial charge in [-0.2, -0.15) is 13.2 Å². The molecular formula is C6H3BrF3NO2S. The minimum absolute atomic E-state index is 0.263. The maximum Gasteiger partial charge on any atom is 0.501 e. The molecular weight excluding hydrogens is 287 g/mol. The van der Waals surface area contributed by atoms with Crippen LogP contribution in [-0.4, -0.2) is 18.9 Å². The summed E-state index contributed by atoms with van der Waals surface area (Å²) in [4.78, 5) is 2.53. The Hall–Kier alpha value is -0.630. The average molecular weight is 290 g/mol. The van der Waals surface area contributed by atoms with E-state index in [0.29, 0.717) is 6.20 Å². The van der Waals surface area contributed by atoms with Gasteiger partial charge >= 0.3 is 5.51 Å². The summed E-state index contributed by atoms with van der Waals surface area (Å²) in [5, 5.41) is 0. The van der Waals surface area contributed by atoms with Gasteiger partial charge in [-0.3, -0.25) is 0 Å². The van der Waals surface area contributed by atoms with Crippen LogP contribution in [0.5, 0.6) is 0 Å². The number of alkyl halides is 3. The Morgan fingerprint density at radius 2 is 1.86 bits per heavy atom. The van der Waals surface area contributed by atoms with Gasteiger partial charge in [0.2, 0.25) is 0 Å². The molecule has 0 spiro atoms. The summed E-state index contributed by atoms with van der Waals surface area (Å²) in [6.45, 7) is 0. The third-order valence-corrected chi connectivity index (χ3v) is 3.26. The molecule has 14 heavy (non-hydrogen) atoms. The van der Waals surface area contributed by atoms with Crippen LogP contribution in [0.4, 0.5) is 13.2 Å². The standard InChI is InChI=1S/C6H3BrF3NO2S/c7-5-2-1-4(3-11-5)14(12,13)6(8,9)10/h1-3H. The van der Waals surface area contributed by atoms with E-state index < -0.39 is 20.2 Å². The molecule has 8 heteroatoms. The molecule has 0 saturated heterocycles. The van der Waals surface area contributed by atoms with Crippen LogP contribution in [0.2, 0.25) is 0 Å². The maximum atomic E-state index is 12.0. The molecule has 1 aromatic heterocycles. The van der Waals surface area contributed by atoms with Gasteiger partial charge in [-0.15, -0.1) is 0 Å². The molecule has 78 valence electrons. The smallest absolute Gasteiger partial charge is 0.248 e. The van der Waals surface area contributed by atoms with Crippen molar-refractivity contribution in [2.24, 2.45) is 0 Å². The van der Waals surface area contributed by atoms with E-state index in [1.54, 1.807) is 0 Å². The summed E-state index contributed by atoms with van der Waals surface area (Å²) < 4.78 is 57.8. The Balaban J connectivity index is 3.25. The number of halogens is 4. The maximum absolute atomic E-state index is 12.0. The highest BCUT2D eigenvalue weighted by Gasteiger charge is 2.46. The molecule has 1 heterocycles. The topological polar surface area (TPSA) is 47.0 Å². The normalized spacial score (nSPS) is 12.9. The Labute approximate surface area is 86.0 Å². The first-order valence-electron chi connectivity index (χ1n) is 3.18. The molecule has 1 aromatic rings. The zero-order valence-corrected chi connectivity index (χ0v) is 8.82. The van der Waals surface area contributed by atoms with Crippen LogP contribution < -0.4 is 0 Å². The SMILES string of the molecule is O=S(=O)(c1ccc(Br)nc1)C(F)(F)F. The fraction of sp³-hybridized carbons (Fsp3) is 0.167. The van der Waals surface area contributed by atoms with Crippen molar-refractivity contribution in [3.63, 3.8) is 0 Å². The Kier molecular flexibility index (Phi) is 2.86. The van der Waals surface area contributed by atoms with Gasteiger partial charge < -0.3 is 0 Å². The van der Waals surface area contributed by atoms with Crippen molar-refractivity contribution >= 4 is 25.8 Å². The molecule has 0 saturated carbocycles. The van der Waals surface area contributed by atoms with Gasteiger partial charge in [0.05, 0.1) is 4.90 Å². The molecule has 0 aliphatic rings. The van der Waals surface area contributed by atoms with Crippen LogP contribution in [0.1, 0.15) is 0 Å². The number of aromatic nitrogens is 1. The highest BCUT2D eigenvalue weighted by Crippen LogP contribution is 2.29. The summed E-state index contributed by atoms with van der Waals surface area (Å²) in [5.41, 5.74) is -5.29. The quantitative estimate of drug-likeness (QED) is 0.744. The van der Waals surface area contributed by atoms with Gasteiger partial charge in [0, 0.05) is 6.20 Å². The first kappa shape index (κ1) is 11.4. The number of nitrogens with zero attached hydrogens (tertiary/aromatic N) is 1. The van der Waals surface area contributed by atoms with E-state index in [1.807, 2.05) is 0 Å². The van der Waals surface area contributed by atoms with Crippen LogP contribution in [-0.2, 0) is 9.84 Å². The molecule has 0 amide bonds. The third kappa shape index (κ3) is 2.06. The molecule has 0 atom stereocenters. The minimum Gasteiger partial charge on any atom is -0.248 e. The van der Waals surface area contributed by atoms with Gasteiger partial charge in [-0.05, 0) is 28.1 Å². The fourth-order valence-electron chi connectivity index (χ4n) is 0.655. The van der Waals surface area contributed by atoms with E-state index in [1.165, 1.54) is 0 Å². The fourth-order valence-corrected chi connectivity index (χ4v) is 1.60. The van der Waals surface area contributed by atoms with Crippen LogP contribution in [0.3, 0.4) is 0 Å². The molecule has 0 N–H and O–H groups in total. The largest absolute Gasteiger partial charge is 0.501 e. The number of sulfone groups is 1. The summed E-state index contributed by atoms with van der Waals surface area (Å²) in [6.07, 6.45) is 0.646. The van der Waals surface area contributed by atoms with E-state index in [9.17, 15) is 21.6 Å². The van der Waals surface area contributed by atoms with Crippen molar-refractivity contribution in [1.29, 1.82) is 0 Å². The van der Waals surface area contributed by atoms with Gasteiger partial charge in [-0.1, -0.05) is 0 Å². The van der Waals surface area contributed by atoms with Gasteiger partial charge in [0.1, 0.15) is 4.60 Å². The van der Waals surface area contributed by atoms with Crippen molar-refractivity contribution in [2.75, 3.05) is 0 Å². The Morgan fingerprint density at radius 1 is 1.29 bits per heavy atom. The summed E-state index contributed by atoms with van der Waals surface area (Å²) in [7, 11) is -5.28. The second-order valence-electron chi connectivity index (χ2n) is 2.27. The number of rotatable bonds is 1. The second kappa shape index (κ2) is 3.50. The molecule has 0 aromatic carbocycles. The first-order chi connectivity index (χ1) is 6.25. The Bertz CT molecular complexity index is 425. The molecule has 0 radical (unpaired) electrons. The number of pyridine rings is 1. The van der Waals surface area contributed by atoms with E-state index >= 15 is 0 Å². The predicted octanol–water partition coefficient (Wildman–Crippen LogP) is 2.14. The first-order valence-corrected chi connectivity index (χ1v) is 5.45. The average Bonchev–Trinajstić information content (AvgIpc) is 2.03. The Morgan fingerprint density at radius 3 is 2.21 bits per heavy atom. The van der Waals surface area contributed by atoms with Crippen molar-refractivity contribution in [3.8, 4) is 0 Å². The van der Waals surface area contributed by atoms with Crippen molar-refractivity contribution in [2.45, 2.75) is 10.4 Å². The molecule has 1 rings (SSSR count). The summed E-state index contributed by atoms with van der Waals surface area (Å²) in [6, 6.07) is 1.96. The molecule has 0 bridgehead atoms. The lowest BCUT2D eigenvalue weighted by Gasteiger charge is -2.06. The van der Waals surface area contributed by atoms with Gasteiger partial charge in [0.25, 0.3) is 9.84 Å². The van der Waals surface area contributed by atoms with E-state index in [-0.39, 0.29) is 4.60 Å². The monoisotopic (exact) mass is 289 g/mol. The summed E-state index contributed by atoms with van der Waals surface area (Å²) >= 11 is 2.88. The lowest BCUT2D eigenvalue weighted by molar-refractivity contribution is -0.0436. The molecule has 0 unspecified atom stereocenters. The third-order valence-electron chi connectivity index (χ3n) is 1.32. The van der Waals surface area contributed by atoms with Crippen molar-refractivity contribution in [3.05, 3.63) is 22.9 Å². The van der Waals surface area contributed by atoms with Crippen LogP contribution >= 0.6 is 15.9 Å². The van der Waals surface area contributed by atoms with E-state index in [4.69, 9.17) is 0 Å². The van der Waals surface area contributed by atoms with Crippen molar-refractivity contribution in [1.82, 2.24) is 4.98 Å². The molecule has 0 aliphatic heterocycles. The van der Waals surface area contributed by atoms with Crippen molar-refractivity contribution < 1.29 is 21.6 Å². The highest BCUT2D eigenvalue weighted by atomic mass is 79.9. The zero-order chi connectivity index (χ0) is 11.0. The van der Waals surface area contributed by atoms with Crippen LogP contribution in [0, 0.1) is 0 Å². The second-order valence-corrected chi connectivity index (χ2v) is 5.02. The number of hydrogen-bond donors (Lipinski definition) is 0. The molecule has 3 nitrogen and oxygen atoms in total. The molecule has 0 aliphatic carbocycles. The van der Waals surface area contributed by atoms with Gasteiger partial charge in [0.15, 0.2) is 0 Å². The lowest BCUT2D eigenvalue weighted by Crippen LogP contribution is -2.23. The molecule has 0 fully saturated rings.